The van der Waals surface area contributed by atoms with Crippen LogP contribution in [0.3, 0.4) is 0 Å². The van der Waals surface area contributed by atoms with Gasteiger partial charge in [0.1, 0.15) is 18.0 Å². The SMILES string of the molecule is Cn1ccnc1CCNc1ccc(C#N)c(C#N)c1. The summed E-state index contributed by atoms with van der Waals surface area (Å²) in [6.45, 7) is 0.724. The van der Waals surface area contributed by atoms with Crippen LogP contribution in [0.2, 0.25) is 0 Å². The van der Waals surface area contributed by atoms with Gasteiger partial charge in [0, 0.05) is 38.1 Å². The second kappa shape index (κ2) is 5.70. The van der Waals surface area contributed by atoms with Crippen molar-refractivity contribution < 1.29 is 0 Å². The van der Waals surface area contributed by atoms with Crippen molar-refractivity contribution >= 4 is 5.69 Å². The molecule has 0 radical (unpaired) electrons. The van der Waals surface area contributed by atoms with Crippen LogP contribution in [0.1, 0.15) is 17.0 Å². The fourth-order valence-corrected chi connectivity index (χ4v) is 1.80. The number of nitrogens with zero attached hydrogens (tertiary/aromatic N) is 4. The summed E-state index contributed by atoms with van der Waals surface area (Å²) >= 11 is 0. The van der Waals surface area contributed by atoms with Crippen molar-refractivity contribution in [2.24, 2.45) is 7.05 Å². The molecule has 0 saturated heterocycles. The Morgan fingerprint density at radius 1 is 1.26 bits per heavy atom. The van der Waals surface area contributed by atoms with Crippen molar-refractivity contribution in [2.45, 2.75) is 6.42 Å². The molecule has 1 aromatic carbocycles. The molecule has 0 saturated carbocycles. The Hall–Kier alpha value is -2.79. The first-order valence-corrected chi connectivity index (χ1v) is 5.89. The Bertz CT molecular complexity index is 657. The molecule has 1 aromatic heterocycles. The number of aryl methyl sites for hydroxylation is 1. The van der Waals surface area contributed by atoms with Gasteiger partial charge in [0.2, 0.25) is 0 Å². The van der Waals surface area contributed by atoms with Crippen molar-refractivity contribution in [1.29, 1.82) is 10.5 Å². The van der Waals surface area contributed by atoms with E-state index in [1.54, 1.807) is 24.4 Å². The summed E-state index contributed by atoms with van der Waals surface area (Å²) < 4.78 is 1.97. The van der Waals surface area contributed by atoms with Gasteiger partial charge >= 0.3 is 0 Å². The van der Waals surface area contributed by atoms with Gasteiger partial charge in [0.05, 0.1) is 11.1 Å². The Morgan fingerprint density at radius 2 is 2.05 bits per heavy atom. The third-order valence-electron chi connectivity index (χ3n) is 2.86. The second-order valence-electron chi connectivity index (χ2n) is 4.12. The molecule has 19 heavy (non-hydrogen) atoms. The summed E-state index contributed by atoms with van der Waals surface area (Å²) in [5.74, 6) is 1.00. The van der Waals surface area contributed by atoms with Gasteiger partial charge in [-0.15, -0.1) is 0 Å². The van der Waals surface area contributed by atoms with E-state index in [0.717, 1.165) is 24.5 Å². The normalized spacial score (nSPS) is 9.63. The highest BCUT2D eigenvalue weighted by atomic mass is 15.0. The zero-order chi connectivity index (χ0) is 13.7. The monoisotopic (exact) mass is 251 g/mol. The molecule has 0 unspecified atom stereocenters. The number of nitrogens with one attached hydrogen (secondary N) is 1. The number of hydrogen-bond donors (Lipinski definition) is 1. The molecule has 0 atom stereocenters. The molecule has 0 aliphatic carbocycles. The zero-order valence-corrected chi connectivity index (χ0v) is 10.6. The van der Waals surface area contributed by atoms with E-state index in [0.29, 0.717) is 11.1 Å². The van der Waals surface area contributed by atoms with Crippen LogP contribution in [0.25, 0.3) is 0 Å². The van der Waals surface area contributed by atoms with Crippen molar-refractivity contribution in [3.05, 3.63) is 47.5 Å². The van der Waals surface area contributed by atoms with Crippen LogP contribution in [0, 0.1) is 22.7 Å². The molecule has 1 heterocycles. The summed E-state index contributed by atoms with van der Waals surface area (Å²) in [7, 11) is 1.96. The second-order valence-corrected chi connectivity index (χ2v) is 4.12. The first-order valence-electron chi connectivity index (χ1n) is 5.89. The van der Waals surface area contributed by atoms with Gasteiger partial charge in [0.15, 0.2) is 0 Å². The number of hydrogen-bond acceptors (Lipinski definition) is 4. The molecule has 5 heteroatoms. The molecule has 94 valence electrons. The number of benzene rings is 1. The Labute approximate surface area is 111 Å². The smallest absolute Gasteiger partial charge is 0.110 e. The lowest BCUT2D eigenvalue weighted by Crippen LogP contribution is -2.08. The van der Waals surface area contributed by atoms with E-state index in [-0.39, 0.29) is 0 Å². The summed E-state index contributed by atoms with van der Waals surface area (Å²) in [5.41, 5.74) is 1.63. The van der Waals surface area contributed by atoms with E-state index in [2.05, 4.69) is 10.3 Å². The summed E-state index contributed by atoms with van der Waals surface area (Å²) in [6, 6.07) is 9.17. The maximum atomic E-state index is 8.94. The van der Waals surface area contributed by atoms with Crippen molar-refractivity contribution in [3.63, 3.8) is 0 Å². The zero-order valence-electron chi connectivity index (χ0n) is 10.6. The third kappa shape index (κ3) is 2.91. The molecule has 2 aromatic rings. The van der Waals surface area contributed by atoms with Crippen LogP contribution in [-0.2, 0) is 13.5 Å². The highest BCUT2D eigenvalue weighted by Gasteiger charge is 2.03. The molecule has 2 rings (SSSR count). The maximum absolute atomic E-state index is 8.94. The maximum Gasteiger partial charge on any atom is 0.110 e. The molecule has 1 N–H and O–H groups in total. The molecule has 0 amide bonds. The predicted molar refractivity (Wildman–Crippen MR) is 71.3 cm³/mol. The van der Waals surface area contributed by atoms with Crippen molar-refractivity contribution in [2.75, 3.05) is 11.9 Å². The lowest BCUT2D eigenvalue weighted by Gasteiger charge is -2.07. The highest BCUT2D eigenvalue weighted by Crippen LogP contribution is 2.14. The number of anilines is 1. The minimum absolute atomic E-state index is 0.393. The summed E-state index contributed by atoms with van der Waals surface area (Å²) in [6.07, 6.45) is 4.47. The van der Waals surface area contributed by atoms with E-state index in [4.69, 9.17) is 10.5 Å². The van der Waals surface area contributed by atoms with E-state index < -0.39 is 0 Å². The number of imidazole rings is 1. The van der Waals surface area contributed by atoms with Crippen LogP contribution in [0.15, 0.2) is 30.6 Å². The summed E-state index contributed by atoms with van der Waals surface area (Å²) in [5, 5.41) is 21.0. The first-order chi connectivity index (χ1) is 9.24. The molecule has 0 fully saturated rings. The van der Waals surface area contributed by atoms with Gasteiger partial charge in [-0.25, -0.2) is 4.98 Å². The lowest BCUT2D eigenvalue weighted by atomic mass is 10.1. The Kier molecular flexibility index (Phi) is 3.80. The fourth-order valence-electron chi connectivity index (χ4n) is 1.80. The minimum atomic E-state index is 0.393. The molecule has 0 aliphatic heterocycles. The largest absolute Gasteiger partial charge is 0.385 e. The standard InChI is InChI=1S/C14H13N5/c1-19-7-6-18-14(19)4-5-17-13-3-2-11(9-15)12(8-13)10-16/h2-3,6-8,17H,4-5H2,1H3. The average molecular weight is 251 g/mol. The molecule has 0 aliphatic rings. The van der Waals surface area contributed by atoms with E-state index in [9.17, 15) is 0 Å². The van der Waals surface area contributed by atoms with Crippen LogP contribution in [-0.4, -0.2) is 16.1 Å². The Morgan fingerprint density at radius 3 is 2.68 bits per heavy atom. The van der Waals surface area contributed by atoms with Gasteiger partial charge < -0.3 is 9.88 Å². The number of aromatic nitrogens is 2. The number of rotatable bonds is 4. The van der Waals surface area contributed by atoms with Crippen LogP contribution in [0.5, 0.6) is 0 Å². The van der Waals surface area contributed by atoms with Gasteiger partial charge in [0.25, 0.3) is 0 Å². The van der Waals surface area contributed by atoms with E-state index in [1.807, 2.05) is 30.0 Å². The topological polar surface area (TPSA) is 77.4 Å². The first kappa shape index (κ1) is 12.7. The molecular weight excluding hydrogens is 238 g/mol. The average Bonchev–Trinajstić information content (AvgIpc) is 2.84. The van der Waals surface area contributed by atoms with Gasteiger partial charge in [-0.1, -0.05) is 0 Å². The molecule has 5 nitrogen and oxygen atoms in total. The Balaban J connectivity index is 1.99. The third-order valence-corrected chi connectivity index (χ3v) is 2.86. The van der Waals surface area contributed by atoms with Crippen LogP contribution in [0.4, 0.5) is 5.69 Å². The van der Waals surface area contributed by atoms with Crippen LogP contribution < -0.4 is 5.32 Å². The highest BCUT2D eigenvalue weighted by molar-refractivity contribution is 5.56. The van der Waals surface area contributed by atoms with Gasteiger partial charge in [-0.3, -0.25) is 0 Å². The van der Waals surface area contributed by atoms with E-state index >= 15 is 0 Å². The van der Waals surface area contributed by atoms with E-state index in [1.165, 1.54) is 0 Å². The molecule has 0 spiro atoms. The quantitative estimate of drug-likeness (QED) is 0.899. The molecular formula is C14H13N5. The fraction of sp³-hybridized carbons (Fsp3) is 0.214. The van der Waals surface area contributed by atoms with Gasteiger partial charge in [-0.2, -0.15) is 10.5 Å². The minimum Gasteiger partial charge on any atom is -0.385 e. The van der Waals surface area contributed by atoms with Crippen molar-refractivity contribution in [1.82, 2.24) is 9.55 Å². The van der Waals surface area contributed by atoms with Crippen molar-refractivity contribution in [3.8, 4) is 12.1 Å². The van der Waals surface area contributed by atoms with Gasteiger partial charge in [-0.05, 0) is 18.2 Å². The lowest BCUT2D eigenvalue weighted by molar-refractivity contribution is 0.789. The number of nitriles is 2. The predicted octanol–water partition coefficient (Wildman–Crippen LogP) is 1.82. The molecule has 0 bridgehead atoms. The summed E-state index contributed by atoms with van der Waals surface area (Å²) in [4.78, 5) is 4.24. The van der Waals surface area contributed by atoms with Crippen LogP contribution >= 0.6 is 0 Å².